The molecule has 114 valence electrons. The molecule has 0 saturated heterocycles. The summed E-state index contributed by atoms with van der Waals surface area (Å²) in [4.78, 5) is 11.7. The molecule has 1 aromatic heterocycles. The molecule has 1 rings (SSSR count). The summed E-state index contributed by atoms with van der Waals surface area (Å²) >= 11 is 0. The van der Waals surface area contributed by atoms with Crippen molar-refractivity contribution >= 4 is 25.7 Å². The molecule has 1 aromatic rings. The molecule has 0 atom stereocenters. The molecule has 0 unspecified atom stereocenters. The molecule has 0 saturated carbocycles. The first-order valence-corrected chi connectivity index (χ1v) is 8.24. The second kappa shape index (κ2) is 6.15. The molecule has 0 N–H and O–H groups in total. The lowest BCUT2D eigenvalue weighted by Crippen LogP contribution is -2.23. The maximum Gasteiger partial charge on any atom is 0.355 e. The van der Waals surface area contributed by atoms with E-state index in [1.54, 1.807) is 0 Å². The van der Waals surface area contributed by atoms with Gasteiger partial charge >= 0.3 is 5.97 Å². The standard InChI is InChI=1S/C12H18ClNO5S/c1-12(2,3)19-6-5-18-11(15)10-7-9(8-14(10)4)20(13,16)17/h7-8H,5-6H2,1-4H3. The number of aromatic nitrogens is 1. The fraction of sp³-hybridized carbons (Fsp3) is 0.583. The zero-order chi connectivity index (χ0) is 15.6. The molecular formula is C12H18ClNO5S. The quantitative estimate of drug-likeness (QED) is 0.470. The highest BCUT2D eigenvalue weighted by atomic mass is 35.7. The van der Waals surface area contributed by atoms with Crippen molar-refractivity contribution in [2.75, 3.05) is 13.2 Å². The first-order chi connectivity index (χ1) is 9.00. The fourth-order valence-corrected chi connectivity index (χ4v) is 2.22. The van der Waals surface area contributed by atoms with Gasteiger partial charge in [0.15, 0.2) is 0 Å². The van der Waals surface area contributed by atoms with Crippen LogP contribution in [0, 0.1) is 0 Å². The highest BCUT2D eigenvalue weighted by molar-refractivity contribution is 8.13. The molecular weight excluding hydrogens is 306 g/mol. The van der Waals surface area contributed by atoms with Crippen molar-refractivity contribution in [1.82, 2.24) is 4.57 Å². The molecule has 0 aliphatic rings. The first-order valence-electron chi connectivity index (χ1n) is 5.93. The van der Waals surface area contributed by atoms with E-state index in [-0.39, 0.29) is 29.4 Å². The molecule has 0 aliphatic carbocycles. The van der Waals surface area contributed by atoms with E-state index in [2.05, 4.69) is 0 Å². The number of esters is 1. The van der Waals surface area contributed by atoms with E-state index < -0.39 is 15.0 Å². The van der Waals surface area contributed by atoms with E-state index in [1.165, 1.54) is 23.9 Å². The van der Waals surface area contributed by atoms with Gasteiger partial charge in [-0.15, -0.1) is 0 Å². The highest BCUT2D eigenvalue weighted by Crippen LogP contribution is 2.18. The van der Waals surface area contributed by atoms with Crippen molar-refractivity contribution in [2.45, 2.75) is 31.3 Å². The Bertz CT molecular complexity index is 585. The van der Waals surface area contributed by atoms with Gasteiger partial charge in [-0.25, -0.2) is 13.2 Å². The monoisotopic (exact) mass is 323 g/mol. The minimum absolute atomic E-state index is 0.0875. The van der Waals surface area contributed by atoms with Gasteiger partial charge in [0.25, 0.3) is 9.05 Å². The predicted molar refractivity (Wildman–Crippen MR) is 74.4 cm³/mol. The lowest BCUT2D eigenvalue weighted by Gasteiger charge is -2.19. The SMILES string of the molecule is Cn1cc(S(=O)(=O)Cl)cc1C(=O)OCCOC(C)(C)C. The zero-order valence-corrected chi connectivity index (χ0v) is 13.4. The summed E-state index contributed by atoms with van der Waals surface area (Å²) in [7, 11) is 2.88. The molecule has 0 spiro atoms. The van der Waals surface area contributed by atoms with Crippen LogP contribution < -0.4 is 0 Å². The molecule has 20 heavy (non-hydrogen) atoms. The van der Waals surface area contributed by atoms with E-state index in [0.717, 1.165) is 0 Å². The third-order valence-electron chi connectivity index (χ3n) is 2.32. The molecule has 0 radical (unpaired) electrons. The number of hydrogen-bond donors (Lipinski definition) is 0. The first kappa shape index (κ1) is 17.0. The summed E-state index contributed by atoms with van der Waals surface area (Å²) in [6, 6.07) is 1.18. The minimum Gasteiger partial charge on any atom is -0.459 e. The molecule has 0 bridgehead atoms. The lowest BCUT2D eigenvalue weighted by atomic mass is 10.2. The third-order valence-corrected chi connectivity index (χ3v) is 3.64. The maximum absolute atomic E-state index is 11.8. The number of aryl methyl sites for hydroxylation is 1. The van der Waals surface area contributed by atoms with Crippen molar-refractivity contribution in [1.29, 1.82) is 0 Å². The van der Waals surface area contributed by atoms with E-state index in [1.807, 2.05) is 20.8 Å². The summed E-state index contributed by atoms with van der Waals surface area (Å²) in [5, 5.41) is 0. The second-order valence-corrected chi connectivity index (χ2v) is 7.77. The number of carbonyl (C=O) groups is 1. The lowest BCUT2D eigenvalue weighted by molar-refractivity contribution is -0.0284. The number of halogens is 1. The van der Waals surface area contributed by atoms with E-state index in [4.69, 9.17) is 20.2 Å². The van der Waals surface area contributed by atoms with E-state index in [0.29, 0.717) is 0 Å². The van der Waals surface area contributed by atoms with Crippen LogP contribution >= 0.6 is 10.7 Å². The van der Waals surface area contributed by atoms with Crippen molar-refractivity contribution in [2.24, 2.45) is 7.05 Å². The summed E-state index contributed by atoms with van der Waals surface area (Å²) in [6.07, 6.45) is 1.25. The van der Waals surface area contributed by atoms with Gasteiger partial charge in [-0.2, -0.15) is 0 Å². The summed E-state index contributed by atoms with van der Waals surface area (Å²) in [5.74, 6) is -0.628. The molecule has 6 nitrogen and oxygen atoms in total. The Kier molecular flexibility index (Phi) is 5.23. The summed E-state index contributed by atoms with van der Waals surface area (Å²) in [5.41, 5.74) is -0.197. The van der Waals surface area contributed by atoms with Crippen LogP contribution in [0.2, 0.25) is 0 Å². The number of hydrogen-bond acceptors (Lipinski definition) is 5. The Morgan fingerprint density at radius 1 is 1.35 bits per heavy atom. The number of nitrogens with zero attached hydrogens (tertiary/aromatic N) is 1. The number of ether oxygens (including phenoxy) is 2. The molecule has 0 fully saturated rings. The van der Waals surface area contributed by atoms with Crippen LogP contribution in [0.25, 0.3) is 0 Å². The van der Waals surface area contributed by atoms with Crippen LogP contribution in [0.15, 0.2) is 17.2 Å². The van der Waals surface area contributed by atoms with Gasteiger partial charge in [0.1, 0.15) is 17.2 Å². The van der Waals surface area contributed by atoms with Crippen LogP contribution in [0.5, 0.6) is 0 Å². The Labute approximate surface area is 123 Å². The topological polar surface area (TPSA) is 74.6 Å². The second-order valence-electron chi connectivity index (χ2n) is 5.21. The predicted octanol–water partition coefficient (Wildman–Crippen LogP) is 1.92. The minimum atomic E-state index is -3.86. The van der Waals surface area contributed by atoms with Gasteiger partial charge in [-0.1, -0.05) is 0 Å². The molecule has 1 heterocycles. The fourth-order valence-electron chi connectivity index (χ4n) is 1.43. The third kappa shape index (κ3) is 5.15. The Hall–Kier alpha value is -1.05. The van der Waals surface area contributed by atoms with Crippen LogP contribution in [0.1, 0.15) is 31.3 Å². The summed E-state index contributed by atoms with van der Waals surface area (Å²) < 4.78 is 34.1. The summed E-state index contributed by atoms with van der Waals surface area (Å²) in [6.45, 7) is 6.03. The van der Waals surface area contributed by atoms with Gasteiger partial charge in [0.05, 0.1) is 12.2 Å². The van der Waals surface area contributed by atoms with Gasteiger partial charge < -0.3 is 14.0 Å². The van der Waals surface area contributed by atoms with Crippen LogP contribution in [0.4, 0.5) is 0 Å². The van der Waals surface area contributed by atoms with Crippen molar-refractivity contribution < 1.29 is 22.7 Å². The number of rotatable bonds is 5. The Balaban J connectivity index is 2.63. The molecule has 0 amide bonds. The largest absolute Gasteiger partial charge is 0.459 e. The van der Waals surface area contributed by atoms with Crippen LogP contribution in [-0.2, 0) is 25.6 Å². The van der Waals surface area contributed by atoms with Crippen molar-refractivity contribution in [3.05, 3.63) is 18.0 Å². The van der Waals surface area contributed by atoms with Crippen molar-refractivity contribution in [3.63, 3.8) is 0 Å². The van der Waals surface area contributed by atoms with E-state index in [9.17, 15) is 13.2 Å². The molecule has 8 heteroatoms. The van der Waals surface area contributed by atoms with Crippen LogP contribution in [-0.4, -0.2) is 37.8 Å². The van der Waals surface area contributed by atoms with E-state index >= 15 is 0 Å². The normalized spacial score (nSPS) is 12.4. The Morgan fingerprint density at radius 2 is 1.95 bits per heavy atom. The van der Waals surface area contributed by atoms with Gasteiger partial charge in [0, 0.05) is 23.9 Å². The molecule has 0 aliphatic heterocycles. The van der Waals surface area contributed by atoms with Crippen molar-refractivity contribution in [3.8, 4) is 0 Å². The zero-order valence-electron chi connectivity index (χ0n) is 11.8. The average Bonchev–Trinajstić information content (AvgIpc) is 2.65. The van der Waals surface area contributed by atoms with Crippen LogP contribution in [0.3, 0.4) is 0 Å². The highest BCUT2D eigenvalue weighted by Gasteiger charge is 2.19. The molecule has 0 aromatic carbocycles. The number of carbonyl (C=O) groups excluding carboxylic acids is 1. The smallest absolute Gasteiger partial charge is 0.355 e. The van der Waals surface area contributed by atoms with Gasteiger partial charge in [0.2, 0.25) is 0 Å². The Morgan fingerprint density at radius 3 is 2.40 bits per heavy atom. The van der Waals surface area contributed by atoms with Gasteiger partial charge in [-0.3, -0.25) is 0 Å². The maximum atomic E-state index is 11.8. The average molecular weight is 324 g/mol. The van der Waals surface area contributed by atoms with Gasteiger partial charge in [-0.05, 0) is 26.8 Å².